The predicted molar refractivity (Wildman–Crippen MR) is 70.4 cm³/mol. The summed E-state index contributed by atoms with van der Waals surface area (Å²) in [6, 6.07) is 11.1. The van der Waals surface area contributed by atoms with Crippen molar-refractivity contribution in [1.29, 1.82) is 0 Å². The molecule has 2 atom stereocenters. The maximum absolute atomic E-state index is 11.8. The fourth-order valence-corrected chi connectivity index (χ4v) is 3.15. The number of benzene rings is 1. The first-order valence-electron chi connectivity index (χ1n) is 6.43. The Hall–Kier alpha value is -1.77. The van der Waals surface area contributed by atoms with Crippen LogP contribution in [0.1, 0.15) is 19.3 Å². The van der Waals surface area contributed by atoms with Crippen molar-refractivity contribution in [3.05, 3.63) is 42.0 Å². The molecular weight excluding hydrogens is 226 g/mol. The van der Waals surface area contributed by atoms with Gasteiger partial charge in [-0.25, -0.2) is 4.79 Å². The van der Waals surface area contributed by atoms with Gasteiger partial charge in [0.25, 0.3) is 0 Å². The monoisotopic (exact) mass is 243 g/mol. The molecule has 3 heteroatoms. The molecule has 0 radical (unpaired) electrons. The highest BCUT2D eigenvalue weighted by atomic mass is 16.5. The van der Waals surface area contributed by atoms with Gasteiger partial charge >= 0.3 is 5.97 Å². The van der Waals surface area contributed by atoms with Crippen molar-refractivity contribution in [2.45, 2.75) is 31.3 Å². The summed E-state index contributed by atoms with van der Waals surface area (Å²) in [6.45, 7) is 0. The fraction of sp³-hybridized carbons (Fsp3) is 0.400. The van der Waals surface area contributed by atoms with Crippen LogP contribution in [0.4, 0.5) is 5.69 Å². The summed E-state index contributed by atoms with van der Waals surface area (Å²) in [7, 11) is 1.46. The fourth-order valence-electron chi connectivity index (χ4n) is 3.15. The Morgan fingerprint density at radius 3 is 2.78 bits per heavy atom. The van der Waals surface area contributed by atoms with Crippen LogP contribution in [0.5, 0.6) is 0 Å². The molecule has 2 unspecified atom stereocenters. The molecule has 0 aromatic heterocycles. The summed E-state index contributed by atoms with van der Waals surface area (Å²) >= 11 is 0. The van der Waals surface area contributed by atoms with E-state index in [9.17, 15) is 4.79 Å². The number of nitrogens with zero attached hydrogens (tertiary/aromatic N) is 1. The zero-order chi connectivity index (χ0) is 12.5. The van der Waals surface area contributed by atoms with Gasteiger partial charge < -0.3 is 9.64 Å². The molecule has 2 bridgehead atoms. The van der Waals surface area contributed by atoms with Gasteiger partial charge in [0, 0.05) is 11.7 Å². The molecule has 0 spiro atoms. The van der Waals surface area contributed by atoms with Crippen molar-refractivity contribution in [1.82, 2.24) is 0 Å². The van der Waals surface area contributed by atoms with Crippen molar-refractivity contribution < 1.29 is 9.53 Å². The lowest BCUT2D eigenvalue weighted by atomic mass is 10.0. The zero-order valence-corrected chi connectivity index (χ0v) is 10.5. The van der Waals surface area contributed by atoms with Gasteiger partial charge in [0.2, 0.25) is 0 Å². The molecule has 18 heavy (non-hydrogen) atoms. The standard InChI is InChI=1S/C15H17NO2/c1-18-15(17)13-9-7-12-8-10-14(13)16(12)11-5-3-2-4-6-11/h2-6,9,12,14H,7-8,10H2,1H3. The van der Waals surface area contributed by atoms with Crippen LogP contribution in [0.15, 0.2) is 42.0 Å². The maximum Gasteiger partial charge on any atom is 0.335 e. The van der Waals surface area contributed by atoms with Crippen LogP contribution in [-0.2, 0) is 9.53 Å². The maximum atomic E-state index is 11.8. The minimum absolute atomic E-state index is 0.179. The average Bonchev–Trinajstić information content (AvgIpc) is 2.73. The molecule has 2 aliphatic heterocycles. The summed E-state index contributed by atoms with van der Waals surface area (Å²) in [4.78, 5) is 14.2. The number of ether oxygens (including phenoxy) is 1. The molecule has 1 saturated heterocycles. The third kappa shape index (κ3) is 1.70. The number of esters is 1. The van der Waals surface area contributed by atoms with E-state index in [-0.39, 0.29) is 12.0 Å². The van der Waals surface area contributed by atoms with E-state index in [1.807, 2.05) is 18.2 Å². The third-order valence-corrected chi connectivity index (χ3v) is 3.95. The Morgan fingerprint density at radius 2 is 2.06 bits per heavy atom. The second-order valence-corrected chi connectivity index (χ2v) is 4.88. The molecule has 0 aliphatic carbocycles. The van der Waals surface area contributed by atoms with Crippen molar-refractivity contribution in [2.24, 2.45) is 0 Å². The molecule has 94 valence electrons. The summed E-state index contributed by atoms with van der Waals surface area (Å²) in [5.74, 6) is -0.179. The van der Waals surface area contributed by atoms with E-state index in [1.54, 1.807) is 0 Å². The second kappa shape index (κ2) is 4.48. The molecule has 1 fully saturated rings. The highest BCUT2D eigenvalue weighted by molar-refractivity contribution is 5.91. The lowest BCUT2D eigenvalue weighted by Crippen LogP contribution is -2.42. The number of hydrogen-bond acceptors (Lipinski definition) is 3. The van der Waals surface area contributed by atoms with Crippen molar-refractivity contribution >= 4 is 11.7 Å². The van der Waals surface area contributed by atoms with Gasteiger partial charge in [-0.1, -0.05) is 24.3 Å². The lowest BCUT2D eigenvalue weighted by molar-refractivity contribution is -0.136. The van der Waals surface area contributed by atoms with Crippen LogP contribution in [0, 0.1) is 0 Å². The van der Waals surface area contributed by atoms with E-state index in [0.717, 1.165) is 24.8 Å². The summed E-state index contributed by atoms with van der Waals surface area (Å²) < 4.78 is 4.89. The van der Waals surface area contributed by atoms with E-state index < -0.39 is 0 Å². The van der Waals surface area contributed by atoms with Gasteiger partial charge in [0.15, 0.2) is 0 Å². The molecule has 0 amide bonds. The molecule has 2 heterocycles. The van der Waals surface area contributed by atoms with Crippen LogP contribution in [0.2, 0.25) is 0 Å². The van der Waals surface area contributed by atoms with Crippen molar-refractivity contribution in [3.63, 3.8) is 0 Å². The Labute approximate surface area is 107 Å². The summed E-state index contributed by atoms with van der Waals surface area (Å²) in [5.41, 5.74) is 2.04. The lowest BCUT2D eigenvalue weighted by Gasteiger charge is -2.36. The number of fused-ring (bicyclic) bond motifs is 2. The van der Waals surface area contributed by atoms with E-state index in [2.05, 4.69) is 23.1 Å². The summed E-state index contributed by atoms with van der Waals surface area (Å²) in [5, 5.41) is 0. The quantitative estimate of drug-likeness (QED) is 0.747. The molecule has 1 aromatic carbocycles. The normalized spacial score (nSPS) is 25.8. The van der Waals surface area contributed by atoms with Crippen LogP contribution >= 0.6 is 0 Å². The van der Waals surface area contributed by atoms with Crippen molar-refractivity contribution in [2.75, 3.05) is 12.0 Å². The number of carbonyl (C=O) groups excluding carboxylic acids is 1. The zero-order valence-electron chi connectivity index (χ0n) is 10.5. The second-order valence-electron chi connectivity index (χ2n) is 4.88. The van der Waals surface area contributed by atoms with Gasteiger partial charge in [0.05, 0.1) is 18.7 Å². The van der Waals surface area contributed by atoms with Crippen LogP contribution < -0.4 is 4.90 Å². The Balaban J connectivity index is 1.94. The molecule has 3 rings (SSSR count). The number of para-hydroxylation sites is 1. The average molecular weight is 243 g/mol. The largest absolute Gasteiger partial charge is 0.466 e. The van der Waals surface area contributed by atoms with Gasteiger partial charge in [-0.2, -0.15) is 0 Å². The molecule has 1 aromatic rings. The first-order chi connectivity index (χ1) is 8.81. The number of carbonyl (C=O) groups is 1. The molecule has 0 N–H and O–H groups in total. The highest BCUT2D eigenvalue weighted by Crippen LogP contribution is 2.39. The minimum Gasteiger partial charge on any atom is -0.466 e. The van der Waals surface area contributed by atoms with Gasteiger partial charge in [0.1, 0.15) is 0 Å². The first kappa shape index (κ1) is 11.3. The summed E-state index contributed by atoms with van der Waals surface area (Å²) in [6.07, 6.45) is 5.19. The number of rotatable bonds is 2. The minimum atomic E-state index is -0.179. The molecule has 2 aliphatic rings. The smallest absolute Gasteiger partial charge is 0.335 e. The SMILES string of the molecule is COC(=O)C1=CCC2CCC1N2c1ccccc1. The first-order valence-corrected chi connectivity index (χ1v) is 6.43. The molecular formula is C15H17NO2. The molecule has 0 saturated carbocycles. The number of anilines is 1. The van der Waals surface area contributed by atoms with Crippen LogP contribution in [-0.4, -0.2) is 25.2 Å². The van der Waals surface area contributed by atoms with Gasteiger partial charge in [-0.05, 0) is 31.4 Å². The third-order valence-electron chi connectivity index (χ3n) is 3.95. The Bertz CT molecular complexity index is 481. The predicted octanol–water partition coefficient (Wildman–Crippen LogP) is 2.53. The van der Waals surface area contributed by atoms with Gasteiger partial charge in [-0.3, -0.25) is 0 Å². The van der Waals surface area contributed by atoms with E-state index in [1.165, 1.54) is 12.8 Å². The van der Waals surface area contributed by atoms with E-state index in [0.29, 0.717) is 6.04 Å². The van der Waals surface area contributed by atoms with Gasteiger partial charge in [-0.15, -0.1) is 0 Å². The Morgan fingerprint density at radius 1 is 1.28 bits per heavy atom. The van der Waals surface area contributed by atoms with Crippen LogP contribution in [0.25, 0.3) is 0 Å². The molecule has 3 nitrogen and oxygen atoms in total. The van der Waals surface area contributed by atoms with Crippen LogP contribution in [0.3, 0.4) is 0 Å². The van der Waals surface area contributed by atoms with Crippen molar-refractivity contribution in [3.8, 4) is 0 Å². The Kier molecular flexibility index (Phi) is 2.82. The highest BCUT2D eigenvalue weighted by Gasteiger charge is 2.40. The number of hydrogen-bond donors (Lipinski definition) is 0. The topological polar surface area (TPSA) is 29.5 Å². The number of methoxy groups -OCH3 is 1. The van der Waals surface area contributed by atoms with E-state index >= 15 is 0 Å². The van der Waals surface area contributed by atoms with E-state index in [4.69, 9.17) is 4.74 Å².